The maximum Gasteiger partial charge on any atom is 0.259 e. The van der Waals surface area contributed by atoms with Gasteiger partial charge in [0.1, 0.15) is 0 Å². The molecule has 1 amide bonds. The third-order valence-electron chi connectivity index (χ3n) is 3.92. The van der Waals surface area contributed by atoms with Crippen molar-refractivity contribution in [2.45, 2.75) is 20.4 Å². The standard InChI is InChI=1S/C17H18ClN5O/c1-11-16(12(2)22(3)21-11)17(24)20-14-8-19-23(10-14)9-13-6-4-5-7-15(13)18/h4-8,10H,9H2,1-3H3,(H,20,24). The van der Waals surface area contributed by atoms with E-state index >= 15 is 0 Å². The number of hydrogen-bond acceptors (Lipinski definition) is 3. The number of rotatable bonds is 4. The van der Waals surface area contributed by atoms with E-state index in [4.69, 9.17) is 11.6 Å². The Hall–Kier alpha value is -2.60. The molecular weight excluding hydrogens is 326 g/mol. The van der Waals surface area contributed by atoms with Crippen LogP contribution in [-0.4, -0.2) is 25.5 Å². The lowest BCUT2D eigenvalue weighted by molar-refractivity contribution is 0.102. The lowest BCUT2D eigenvalue weighted by Crippen LogP contribution is -2.13. The molecule has 7 heteroatoms. The first-order valence-corrected chi connectivity index (χ1v) is 7.91. The summed E-state index contributed by atoms with van der Waals surface area (Å²) in [4.78, 5) is 12.5. The van der Waals surface area contributed by atoms with E-state index in [0.29, 0.717) is 28.5 Å². The summed E-state index contributed by atoms with van der Waals surface area (Å²) in [6.07, 6.45) is 3.40. The number of carbonyl (C=O) groups excluding carboxylic acids is 1. The highest BCUT2D eigenvalue weighted by Crippen LogP contribution is 2.18. The molecule has 0 bridgehead atoms. The van der Waals surface area contributed by atoms with Crippen molar-refractivity contribution in [1.29, 1.82) is 0 Å². The number of nitrogens with one attached hydrogen (secondary N) is 1. The molecule has 0 saturated heterocycles. The molecule has 6 nitrogen and oxygen atoms in total. The molecule has 0 spiro atoms. The lowest BCUT2D eigenvalue weighted by atomic mass is 10.2. The minimum absolute atomic E-state index is 0.185. The zero-order valence-electron chi connectivity index (χ0n) is 13.7. The Kier molecular flexibility index (Phi) is 4.40. The molecule has 0 aliphatic carbocycles. The van der Waals surface area contributed by atoms with E-state index in [1.807, 2.05) is 45.2 Å². The molecule has 1 N–H and O–H groups in total. The van der Waals surface area contributed by atoms with Crippen molar-refractivity contribution in [1.82, 2.24) is 19.6 Å². The number of amides is 1. The number of halogens is 1. The lowest BCUT2D eigenvalue weighted by Gasteiger charge is -2.04. The van der Waals surface area contributed by atoms with Gasteiger partial charge in [-0.15, -0.1) is 0 Å². The van der Waals surface area contributed by atoms with Gasteiger partial charge in [-0.2, -0.15) is 10.2 Å². The molecule has 0 radical (unpaired) electrons. The molecule has 0 aliphatic heterocycles. The van der Waals surface area contributed by atoms with E-state index in [9.17, 15) is 4.79 Å². The summed E-state index contributed by atoms with van der Waals surface area (Å²) < 4.78 is 3.44. The summed E-state index contributed by atoms with van der Waals surface area (Å²) in [5, 5.41) is 12.1. The second-order valence-corrected chi connectivity index (χ2v) is 6.05. The minimum atomic E-state index is -0.185. The molecule has 124 valence electrons. The summed E-state index contributed by atoms with van der Waals surface area (Å²) in [6, 6.07) is 7.61. The van der Waals surface area contributed by atoms with E-state index < -0.39 is 0 Å². The molecule has 3 aromatic rings. The summed E-state index contributed by atoms with van der Waals surface area (Å²) in [7, 11) is 1.82. The predicted molar refractivity (Wildman–Crippen MR) is 93.4 cm³/mol. The molecular formula is C17H18ClN5O. The number of carbonyl (C=O) groups is 1. The SMILES string of the molecule is Cc1nn(C)c(C)c1C(=O)Nc1cnn(Cc2ccccc2Cl)c1. The Labute approximate surface area is 145 Å². The fourth-order valence-corrected chi connectivity index (χ4v) is 2.81. The molecule has 3 rings (SSSR count). The van der Waals surface area contributed by atoms with Gasteiger partial charge in [0.15, 0.2) is 0 Å². The van der Waals surface area contributed by atoms with Gasteiger partial charge in [-0.1, -0.05) is 29.8 Å². The van der Waals surface area contributed by atoms with Gasteiger partial charge in [-0.05, 0) is 25.5 Å². The third kappa shape index (κ3) is 3.19. The third-order valence-corrected chi connectivity index (χ3v) is 4.29. The number of aromatic nitrogens is 4. The maximum absolute atomic E-state index is 12.5. The second kappa shape index (κ2) is 6.49. The van der Waals surface area contributed by atoms with Gasteiger partial charge in [-0.3, -0.25) is 14.2 Å². The van der Waals surface area contributed by atoms with Crippen molar-refractivity contribution >= 4 is 23.2 Å². The fraction of sp³-hybridized carbons (Fsp3) is 0.235. The van der Waals surface area contributed by atoms with Gasteiger partial charge in [0, 0.05) is 24.0 Å². The number of nitrogens with zero attached hydrogens (tertiary/aromatic N) is 4. The van der Waals surface area contributed by atoms with Gasteiger partial charge in [0.05, 0.1) is 29.7 Å². The maximum atomic E-state index is 12.5. The number of anilines is 1. The monoisotopic (exact) mass is 343 g/mol. The van der Waals surface area contributed by atoms with Gasteiger partial charge in [0.25, 0.3) is 5.91 Å². The first-order valence-electron chi connectivity index (χ1n) is 7.53. The second-order valence-electron chi connectivity index (χ2n) is 5.64. The molecule has 24 heavy (non-hydrogen) atoms. The van der Waals surface area contributed by atoms with Crippen molar-refractivity contribution in [2.24, 2.45) is 7.05 Å². The highest BCUT2D eigenvalue weighted by atomic mass is 35.5. The van der Waals surface area contributed by atoms with Crippen LogP contribution in [0.25, 0.3) is 0 Å². The highest BCUT2D eigenvalue weighted by molar-refractivity contribution is 6.31. The highest BCUT2D eigenvalue weighted by Gasteiger charge is 2.17. The van der Waals surface area contributed by atoms with Crippen LogP contribution in [0.2, 0.25) is 5.02 Å². The van der Waals surface area contributed by atoms with E-state index in [1.54, 1.807) is 21.8 Å². The van der Waals surface area contributed by atoms with Gasteiger partial charge < -0.3 is 5.32 Å². The number of benzene rings is 1. The van der Waals surface area contributed by atoms with Crippen LogP contribution in [0, 0.1) is 13.8 Å². The summed E-state index contributed by atoms with van der Waals surface area (Å²) in [5.41, 5.74) is 3.73. The van der Waals surface area contributed by atoms with Crippen LogP contribution in [-0.2, 0) is 13.6 Å². The first-order chi connectivity index (χ1) is 11.5. The van der Waals surface area contributed by atoms with Crippen molar-refractivity contribution < 1.29 is 4.79 Å². The summed E-state index contributed by atoms with van der Waals surface area (Å²) in [6.45, 7) is 4.24. The van der Waals surface area contributed by atoms with Crippen molar-refractivity contribution in [2.75, 3.05) is 5.32 Å². The Morgan fingerprint density at radius 2 is 2.04 bits per heavy atom. The number of hydrogen-bond donors (Lipinski definition) is 1. The topological polar surface area (TPSA) is 64.7 Å². The number of aryl methyl sites for hydroxylation is 2. The zero-order chi connectivity index (χ0) is 17.3. The van der Waals surface area contributed by atoms with Crippen LogP contribution in [0.15, 0.2) is 36.7 Å². The smallest absolute Gasteiger partial charge is 0.259 e. The van der Waals surface area contributed by atoms with Crippen molar-refractivity contribution in [3.63, 3.8) is 0 Å². The Balaban J connectivity index is 1.74. The van der Waals surface area contributed by atoms with Crippen LogP contribution in [0.5, 0.6) is 0 Å². The van der Waals surface area contributed by atoms with E-state index in [1.165, 1.54) is 0 Å². The molecule has 0 fully saturated rings. The van der Waals surface area contributed by atoms with Gasteiger partial charge >= 0.3 is 0 Å². The zero-order valence-corrected chi connectivity index (χ0v) is 14.5. The molecule has 0 aliphatic rings. The van der Waals surface area contributed by atoms with Gasteiger partial charge in [-0.25, -0.2) is 0 Å². The molecule has 0 unspecified atom stereocenters. The Morgan fingerprint density at radius 1 is 1.29 bits per heavy atom. The van der Waals surface area contributed by atoms with E-state index in [2.05, 4.69) is 15.5 Å². The van der Waals surface area contributed by atoms with Crippen molar-refractivity contribution in [3.8, 4) is 0 Å². The van der Waals surface area contributed by atoms with E-state index in [0.717, 1.165) is 11.3 Å². The predicted octanol–water partition coefficient (Wildman–Crippen LogP) is 3.19. The van der Waals surface area contributed by atoms with Crippen LogP contribution in [0.3, 0.4) is 0 Å². The molecule has 1 aromatic carbocycles. The van der Waals surface area contributed by atoms with Crippen LogP contribution in [0.4, 0.5) is 5.69 Å². The van der Waals surface area contributed by atoms with Crippen LogP contribution >= 0.6 is 11.6 Å². The van der Waals surface area contributed by atoms with E-state index in [-0.39, 0.29) is 5.91 Å². The Bertz CT molecular complexity index is 896. The fourth-order valence-electron chi connectivity index (χ4n) is 2.61. The first kappa shape index (κ1) is 16.3. The summed E-state index contributed by atoms with van der Waals surface area (Å²) >= 11 is 6.16. The van der Waals surface area contributed by atoms with Crippen LogP contribution < -0.4 is 5.32 Å². The quantitative estimate of drug-likeness (QED) is 0.791. The largest absolute Gasteiger partial charge is 0.319 e. The molecule has 2 heterocycles. The van der Waals surface area contributed by atoms with Gasteiger partial charge in [0.2, 0.25) is 0 Å². The summed E-state index contributed by atoms with van der Waals surface area (Å²) in [5.74, 6) is -0.185. The molecule has 2 aromatic heterocycles. The minimum Gasteiger partial charge on any atom is -0.319 e. The van der Waals surface area contributed by atoms with Crippen molar-refractivity contribution in [3.05, 3.63) is 64.2 Å². The average Bonchev–Trinajstić information content (AvgIpc) is 3.06. The average molecular weight is 344 g/mol. The molecule has 0 saturated carbocycles. The molecule has 0 atom stereocenters. The van der Waals surface area contributed by atoms with Crippen LogP contribution in [0.1, 0.15) is 27.3 Å². The normalized spacial score (nSPS) is 10.8. The Morgan fingerprint density at radius 3 is 2.71 bits per heavy atom.